The van der Waals surface area contributed by atoms with Crippen LogP contribution >= 0.6 is 0 Å². The van der Waals surface area contributed by atoms with E-state index in [0.29, 0.717) is 24.7 Å². The van der Waals surface area contributed by atoms with Crippen LogP contribution in [-0.2, 0) is 9.59 Å². The molecule has 0 aromatic heterocycles. The highest BCUT2D eigenvalue weighted by Gasteiger charge is 2.11. The van der Waals surface area contributed by atoms with Crippen molar-refractivity contribution in [2.45, 2.75) is 52.9 Å². The number of nitrogens with zero attached hydrogens (tertiary/aromatic N) is 1. The lowest BCUT2D eigenvalue weighted by Gasteiger charge is -2.20. The van der Waals surface area contributed by atoms with Gasteiger partial charge in [0.25, 0.3) is 0 Å². The fourth-order valence-corrected chi connectivity index (χ4v) is 1.67. The monoisotopic (exact) mass is 256 g/mol. The summed E-state index contributed by atoms with van der Waals surface area (Å²) in [6, 6.07) is 0. The Balaban J connectivity index is 3.77. The van der Waals surface area contributed by atoms with Gasteiger partial charge in [0.1, 0.15) is 0 Å². The standard InChI is InChI=1S/C14H28N2O2/c1-11(2)5-8-14(18)16(4)10-9-12(3)6-7-13(15)17/h11-12H,5-10H2,1-4H3,(H2,15,17). The van der Waals surface area contributed by atoms with E-state index < -0.39 is 0 Å². The molecule has 0 rings (SSSR count). The van der Waals surface area contributed by atoms with Crippen LogP contribution in [0.15, 0.2) is 0 Å². The zero-order chi connectivity index (χ0) is 14.1. The highest BCUT2D eigenvalue weighted by atomic mass is 16.2. The minimum absolute atomic E-state index is 0.214. The average molecular weight is 256 g/mol. The van der Waals surface area contributed by atoms with E-state index in [4.69, 9.17) is 5.73 Å². The van der Waals surface area contributed by atoms with Crippen LogP contribution in [-0.4, -0.2) is 30.3 Å². The van der Waals surface area contributed by atoms with Gasteiger partial charge in [0.2, 0.25) is 11.8 Å². The number of hydrogen-bond donors (Lipinski definition) is 1. The first-order valence-corrected chi connectivity index (χ1v) is 6.85. The fourth-order valence-electron chi connectivity index (χ4n) is 1.67. The molecule has 2 N–H and O–H groups in total. The van der Waals surface area contributed by atoms with Crippen molar-refractivity contribution in [3.63, 3.8) is 0 Å². The van der Waals surface area contributed by atoms with Gasteiger partial charge in [0.05, 0.1) is 0 Å². The molecule has 106 valence electrons. The van der Waals surface area contributed by atoms with E-state index >= 15 is 0 Å². The number of amides is 2. The summed E-state index contributed by atoms with van der Waals surface area (Å²) in [5.41, 5.74) is 5.11. The molecular formula is C14H28N2O2. The fraction of sp³-hybridized carbons (Fsp3) is 0.857. The molecule has 0 heterocycles. The SMILES string of the molecule is CC(C)CCC(=O)N(C)CCC(C)CCC(N)=O. The van der Waals surface area contributed by atoms with Gasteiger partial charge in [-0.1, -0.05) is 20.8 Å². The topological polar surface area (TPSA) is 63.4 Å². The molecule has 0 aliphatic carbocycles. The second kappa shape index (κ2) is 8.95. The summed E-state index contributed by atoms with van der Waals surface area (Å²) < 4.78 is 0. The molecule has 0 saturated carbocycles. The summed E-state index contributed by atoms with van der Waals surface area (Å²) in [5.74, 6) is 0.962. The van der Waals surface area contributed by atoms with Gasteiger partial charge in [0, 0.05) is 26.4 Å². The third-order valence-electron chi connectivity index (χ3n) is 3.20. The van der Waals surface area contributed by atoms with Crippen LogP contribution in [0.2, 0.25) is 0 Å². The predicted octanol–water partition coefficient (Wildman–Crippen LogP) is 2.17. The molecule has 0 radical (unpaired) electrons. The minimum atomic E-state index is -0.247. The number of rotatable bonds is 9. The molecule has 4 heteroatoms. The minimum Gasteiger partial charge on any atom is -0.370 e. The third kappa shape index (κ3) is 9.02. The Morgan fingerprint density at radius 1 is 1.06 bits per heavy atom. The Labute approximate surface area is 111 Å². The molecule has 0 aromatic carbocycles. The number of nitrogens with two attached hydrogens (primary N) is 1. The Kier molecular flexibility index (Phi) is 8.42. The molecule has 0 aliphatic heterocycles. The van der Waals surface area contributed by atoms with Crippen LogP contribution in [0.1, 0.15) is 52.9 Å². The van der Waals surface area contributed by atoms with Crippen molar-refractivity contribution in [3.05, 3.63) is 0 Å². The lowest BCUT2D eigenvalue weighted by Crippen LogP contribution is -2.28. The van der Waals surface area contributed by atoms with E-state index in [0.717, 1.165) is 25.8 Å². The van der Waals surface area contributed by atoms with E-state index in [2.05, 4.69) is 20.8 Å². The first kappa shape index (κ1) is 16.9. The van der Waals surface area contributed by atoms with E-state index in [-0.39, 0.29) is 11.8 Å². The van der Waals surface area contributed by atoms with Crippen LogP contribution in [0.25, 0.3) is 0 Å². The van der Waals surface area contributed by atoms with E-state index in [1.54, 1.807) is 4.90 Å². The van der Waals surface area contributed by atoms with Gasteiger partial charge >= 0.3 is 0 Å². The Morgan fingerprint density at radius 3 is 2.17 bits per heavy atom. The smallest absolute Gasteiger partial charge is 0.222 e. The number of carbonyl (C=O) groups excluding carboxylic acids is 2. The number of carbonyl (C=O) groups is 2. The van der Waals surface area contributed by atoms with E-state index in [1.807, 2.05) is 7.05 Å². The van der Waals surface area contributed by atoms with Gasteiger partial charge < -0.3 is 10.6 Å². The van der Waals surface area contributed by atoms with Crippen LogP contribution in [0, 0.1) is 11.8 Å². The van der Waals surface area contributed by atoms with Crippen LogP contribution in [0.5, 0.6) is 0 Å². The molecule has 0 bridgehead atoms. The largest absolute Gasteiger partial charge is 0.370 e. The van der Waals surface area contributed by atoms with Crippen LogP contribution in [0.4, 0.5) is 0 Å². The molecule has 0 fully saturated rings. The van der Waals surface area contributed by atoms with Crippen molar-refractivity contribution < 1.29 is 9.59 Å². The Bertz CT molecular complexity index is 265. The van der Waals surface area contributed by atoms with Crippen molar-refractivity contribution in [3.8, 4) is 0 Å². The molecule has 2 amide bonds. The summed E-state index contributed by atoms with van der Waals surface area (Å²) in [5, 5.41) is 0. The van der Waals surface area contributed by atoms with Gasteiger partial charge in [-0.25, -0.2) is 0 Å². The van der Waals surface area contributed by atoms with Crippen molar-refractivity contribution in [2.75, 3.05) is 13.6 Å². The normalized spacial score (nSPS) is 12.5. The maximum absolute atomic E-state index is 11.8. The van der Waals surface area contributed by atoms with Crippen LogP contribution < -0.4 is 5.73 Å². The van der Waals surface area contributed by atoms with Crippen molar-refractivity contribution >= 4 is 11.8 Å². The Morgan fingerprint density at radius 2 is 1.67 bits per heavy atom. The third-order valence-corrected chi connectivity index (χ3v) is 3.20. The first-order chi connectivity index (χ1) is 8.32. The van der Waals surface area contributed by atoms with E-state index in [9.17, 15) is 9.59 Å². The highest BCUT2D eigenvalue weighted by Crippen LogP contribution is 2.11. The Hall–Kier alpha value is -1.06. The summed E-state index contributed by atoms with van der Waals surface area (Å²) in [7, 11) is 1.85. The number of primary amides is 1. The first-order valence-electron chi connectivity index (χ1n) is 6.85. The predicted molar refractivity (Wildman–Crippen MR) is 73.9 cm³/mol. The highest BCUT2D eigenvalue weighted by molar-refractivity contribution is 5.75. The van der Waals surface area contributed by atoms with Gasteiger partial charge in [-0.2, -0.15) is 0 Å². The summed E-state index contributed by atoms with van der Waals surface area (Å²) in [6.45, 7) is 7.10. The molecule has 0 aliphatic rings. The van der Waals surface area contributed by atoms with Gasteiger partial charge in [-0.05, 0) is 31.1 Å². The average Bonchev–Trinajstić information content (AvgIpc) is 2.30. The van der Waals surface area contributed by atoms with Crippen molar-refractivity contribution in [2.24, 2.45) is 17.6 Å². The summed E-state index contributed by atoms with van der Waals surface area (Å²) >= 11 is 0. The molecule has 0 aromatic rings. The second-order valence-corrected chi connectivity index (χ2v) is 5.65. The molecule has 1 atom stereocenters. The summed E-state index contributed by atoms with van der Waals surface area (Å²) in [6.07, 6.45) is 3.75. The van der Waals surface area contributed by atoms with Gasteiger partial charge in [-0.15, -0.1) is 0 Å². The molecule has 18 heavy (non-hydrogen) atoms. The maximum Gasteiger partial charge on any atom is 0.222 e. The molecule has 4 nitrogen and oxygen atoms in total. The molecule has 1 unspecified atom stereocenters. The lowest BCUT2D eigenvalue weighted by molar-refractivity contribution is -0.130. The zero-order valence-corrected chi connectivity index (χ0v) is 12.2. The second-order valence-electron chi connectivity index (χ2n) is 5.65. The van der Waals surface area contributed by atoms with E-state index in [1.165, 1.54) is 0 Å². The quantitative estimate of drug-likeness (QED) is 0.687. The zero-order valence-electron chi connectivity index (χ0n) is 12.2. The lowest BCUT2D eigenvalue weighted by atomic mass is 10.0. The number of hydrogen-bond acceptors (Lipinski definition) is 2. The maximum atomic E-state index is 11.8. The van der Waals surface area contributed by atoms with Crippen molar-refractivity contribution in [1.29, 1.82) is 0 Å². The van der Waals surface area contributed by atoms with Crippen molar-refractivity contribution in [1.82, 2.24) is 4.90 Å². The molecular weight excluding hydrogens is 228 g/mol. The van der Waals surface area contributed by atoms with Crippen LogP contribution in [0.3, 0.4) is 0 Å². The van der Waals surface area contributed by atoms with Gasteiger partial charge in [0.15, 0.2) is 0 Å². The molecule has 0 spiro atoms. The molecule has 0 saturated heterocycles. The van der Waals surface area contributed by atoms with Gasteiger partial charge in [-0.3, -0.25) is 9.59 Å². The summed E-state index contributed by atoms with van der Waals surface area (Å²) in [4.78, 5) is 24.2.